The molecule has 3 aromatic rings. The lowest BCUT2D eigenvalue weighted by Crippen LogP contribution is -2.09. The van der Waals surface area contributed by atoms with Crippen molar-refractivity contribution in [3.8, 4) is 11.5 Å². The van der Waals surface area contributed by atoms with Crippen molar-refractivity contribution < 1.29 is 19.1 Å². The van der Waals surface area contributed by atoms with Gasteiger partial charge in [-0.1, -0.05) is 42.5 Å². The fraction of sp³-hybridized carbons (Fsp3) is 0. The number of allylic oxidation sites excluding steroid dienone is 1. The highest BCUT2D eigenvalue weighted by Gasteiger charge is 2.28. The highest BCUT2D eigenvalue weighted by molar-refractivity contribution is 9.10. The Hall–Kier alpha value is -3.18. The van der Waals surface area contributed by atoms with Crippen molar-refractivity contribution in [2.24, 2.45) is 0 Å². The number of hydrogen-bond acceptors (Lipinski definition) is 4. The van der Waals surface area contributed by atoms with Gasteiger partial charge in [-0.25, -0.2) is 4.79 Å². The first kappa shape index (κ1) is 17.2. The molecule has 0 saturated heterocycles. The predicted molar refractivity (Wildman–Crippen MR) is 105 cm³/mol. The molecule has 0 spiro atoms. The van der Waals surface area contributed by atoms with Crippen LogP contribution in [-0.4, -0.2) is 11.8 Å². The summed E-state index contributed by atoms with van der Waals surface area (Å²) in [4.78, 5) is 24.8. The molecule has 0 saturated carbocycles. The van der Waals surface area contributed by atoms with Gasteiger partial charge in [-0.15, -0.1) is 0 Å². The van der Waals surface area contributed by atoms with Gasteiger partial charge in [0.25, 0.3) is 0 Å². The van der Waals surface area contributed by atoms with Crippen molar-refractivity contribution in [1.29, 1.82) is 0 Å². The highest BCUT2D eigenvalue weighted by Crippen LogP contribution is 2.35. The summed E-state index contributed by atoms with van der Waals surface area (Å²) in [7, 11) is 0. The van der Waals surface area contributed by atoms with Gasteiger partial charge in [0.1, 0.15) is 11.5 Å². The van der Waals surface area contributed by atoms with E-state index in [1.807, 2.05) is 36.4 Å². The number of esters is 1. The van der Waals surface area contributed by atoms with Crippen LogP contribution in [0.15, 0.2) is 83.0 Å². The lowest BCUT2D eigenvalue weighted by molar-refractivity contribution is 0.0733. The maximum absolute atomic E-state index is 12.5. The van der Waals surface area contributed by atoms with Crippen LogP contribution >= 0.6 is 15.9 Å². The highest BCUT2D eigenvalue weighted by atomic mass is 79.9. The molecule has 0 N–H and O–H groups in total. The van der Waals surface area contributed by atoms with Crippen LogP contribution < -0.4 is 9.47 Å². The number of carbonyl (C=O) groups excluding carboxylic acids is 2. The molecule has 5 heteroatoms. The van der Waals surface area contributed by atoms with Crippen molar-refractivity contribution in [3.05, 3.63) is 99.7 Å². The minimum Gasteiger partial charge on any atom is -0.452 e. The van der Waals surface area contributed by atoms with Crippen LogP contribution in [0.5, 0.6) is 11.5 Å². The third kappa shape index (κ3) is 3.55. The fourth-order valence-corrected chi connectivity index (χ4v) is 3.17. The quantitative estimate of drug-likeness (QED) is 0.328. The summed E-state index contributed by atoms with van der Waals surface area (Å²) < 4.78 is 11.8. The molecule has 1 aliphatic rings. The summed E-state index contributed by atoms with van der Waals surface area (Å²) in [5.74, 6) is 0.234. The van der Waals surface area contributed by atoms with Gasteiger partial charge in [-0.2, -0.15) is 0 Å². The number of fused-ring (bicyclic) bond motifs is 1. The first-order valence-corrected chi connectivity index (χ1v) is 9.01. The molecule has 4 nitrogen and oxygen atoms in total. The Bertz CT molecular complexity index is 1070. The Balaban J connectivity index is 1.57. The van der Waals surface area contributed by atoms with Gasteiger partial charge in [-0.3, -0.25) is 4.79 Å². The van der Waals surface area contributed by atoms with E-state index in [1.54, 1.807) is 42.5 Å². The molecule has 0 aliphatic carbocycles. The third-order valence-corrected chi connectivity index (χ3v) is 4.73. The number of hydrogen-bond donors (Lipinski definition) is 0. The van der Waals surface area contributed by atoms with Crippen LogP contribution in [0.3, 0.4) is 0 Å². The zero-order valence-corrected chi connectivity index (χ0v) is 15.6. The van der Waals surface area contributed by atoms with Crippen LogP contribution in [0, 0.1) is 0 Å². The summed E-state index contributed by atoms with van der Waals surface area (Å²) in [5, 5.41) is 0. The molecule has 4 rings (SSSR count). The molecule has 1 heterocycles. The van der Waals surface area contributed by atoms with Crippen molar-refractivity contribution in [2.75, 3.05) is 0 Å². The van der Waals surface area contributed by atoms with Gasteiger partial charge >= 0.3 is 5.97 Å². The molecule has 1 aliphatic heterocycles. The van der Waals surface area contributed by atoms with Crippen LogP contribution in [0.1, 0.15) is 26.3 Å². The van der Waals surface area contributed by atoms with Gasteiger partial charge in [0.2, 0.25) is 5.78 Å². The molecule has 0 unspecified atom stereocenters. The predicted octanol–water partition coefficient (Wildman–Crippen LogP) is 5.28. The van der Waals surface area contributed by atoms with E-state index in [0.29, 0.717) is 27.1 Å². The molecule has 0 bridgehead atoms. The number of rotatable bonds is 3. The number of ketones is 1. The minimum atomic E-state index is -0.494. The molecular weight excluding hydrogens is 408 g/mol. The summed E-state index contributed by atoms with van der Waals surface area (Å²) in [6.45, 7) is 0. The second-order valence-electron chi connectivity index (χ2n) is 5.88. The first-order valence-electron chi connectivity index (χ1n) is 8.22. The molecule has 0 aromatic heterocycles. The summed E-state index contributed by atoms with van der Waals surface area (Å²) in [6.07, 6.45) is 1.69. The molecule has 0 amide bonds. The zero-order chi connectivity index (χ0) is 18.8. The van der Waals surface area contributed by atoms with Crippen molar-refractivity contribution >= 4 is 33.8 Å². The van der Waals surface area contributed by atoms with Gasteiger partial charge in [0.15, 0.2) is 5.76 Å². The maximum Gasteiger partial charge on any atom is 0.344 e. The lowest BCUT2D eigenvalue weighted by atomic mass is 10.1. The van der Waals surface area contributed by atoms with E-state index < -0.39 is 5.97 Å². The molecule has 132 valence electrons. The molecule has 0 atom stereocenters. The average Bonchev–Trinajstić information content (AvgIpc) is 2.98. The second kappa shape index (κ2) is 7.21. The molecular formula is C22H13BrO4. The average molecular weight is 421 g/mol. The van der Waals surface area contributed by atoms with Crippen LogP contribution in [0.4, 0.5) is 0 Å². The Labute approximate surface area is 164 Å². The van der Waals surface area contributed by atoms with Crippen molar-refractivity contribution in [2.45, 2.75) is 0 Å². The van der Waals surface area contributed by atoms with Gasteiger partial charge in [0.05, 0.1) is 11.1 Å². The van der Waals surface area contributed by atoms with E-state index in [9.17, 15) is 9.59 Å². The largest absolute Gasteiger partial charge is 0.452 e. The van der Waals surface area contributed by atoms with Gasteiger partial charge < -0.3 is 9.47 Å². The number of ether oxygens (including phenoxy) is 2. The Morgan fingerprint density at radius 1 is 0.963 bits per heavy atom. The Kier molecular flexibility index (Phi) is 4.60. The first-order chi connectivity index (χ1) is 13.1. The van der Waals surface area contributed by atoms with E-state index in [-0.39, 0.29) is 11.5 Å². The topological polar surface area (TPSA) is 52.6 Å². The fourth-order valence-electron chi connectivity index (χ4n) is 2.72. The minimum absolute atomic E-state index is 0.197. The summed E-state index contributed by atoms with van der Waals surface area (Å²) >= 11 is 3.33. The Morgan fingerprint density at radius 3 is 2.48 bits per heavy atom. The number of benzene rings is 3. The van der Waals surface area contributed by atoms with E-state index >= 15 is 0 Å². The number of carbonyl (C=O) groups is 2. The molecule has 3 aromatic carbocycles. The van der Waals surface area contributed by atoms with E-state index in [4.69, 9.17) is 9.47 Å². The summed E-state index contributed by atoms with van der Waals surface area (Å²) in [6, 6.07) is 21.2. The zero-order valence-electron chi connectivity index (χ0n) is 14.0. The van der Waals surface area contributed by atoms with Gasteiger partial charge in [-0.05, 0) is 51.8 Å². The number of halogens is 1. The van der Waals surface area contributed by atoms with E-state index in [2.05, 4.69) is 15.9 Å². The van der Waals surface area contributed by atoms with Crippen molar-refractivity contribution in [1.82, 2.24) is 0 Å². The Morgan fingerprint density at radius 2 is 1.70 bits per heavy atom. The van der Waals surface area contributed by atoms with Gasteiger partial charge in [0, 0.05) is 10.5 Å². The SMILES string of the molecule is O=C(Oc1ccc2c(c1)O/C(=C\c1ccccc1)C2=O)c1ccccc1Br. The van der Waals surface area contributed by atoms with Crippen LogP contribution in [0.25, 0.3) is 6.08 Å². The third-order valence-electron chi connectivity index (χ3n) is 4.04. The molecule has 0 radical (unpaired) electrons. The maximum atomic E-state index is 12.5. The number of Topliss-reactive ketones (excluding diaryl/α,β-unsaturated/α-hetero) is 1. The van der Waals surface area contributed by atoms with Crippen LogP contribution in [0.2, 0.25) is 0 Å². The summed E-state index contributed by atoms with van der Waals surface area (Å²) in [5.41, 5.74) is 1.73. The smallest absolute Gasteiger partial charge is 0.344 e. The van der Waals surface area contributed by atoms with E-state index in [1.165, 1.54) is 0 Å². The standard InChI is InChI=1S/C22H13BrO4/c23-18-9-5-4-8-16(18)22(25)26-15-10-11-17-19(13-15)27-20(21(17)24)12-14-6-2-1-3-7-14/h1-13H/b20-12-. The lowest BCUT2D eigenvalue weighted by Gasteiger charge is -2.06. The normalized spacial score (nSPS) is 14.0. The van der Waals surface area contributed by atoms with E-state index in [0.717, 1.165) is 5.56 Å². The molecule has 27 heavy (non-hydrogen) atoms. The van der Waals surface area contributed by atoms with Crippen LogP contribution in [-0.2, 0) is 0 Å². The monoisotopic (exact) mass is 420 g/mol. The van der Waals surface area contributed by atoms with Crippen molar-refractivity contribution in [3.63, 3.8) is 0 Å². The molecule has 0 fully saturated rings. The second-order valence-corrected chi connectivity index (χ2v) is 6.73.